The Bertz CT molecular complexity index is 391. The summed E-state index contributed by atoms with van der Waals surface area (Å²) in [7, 11) is 0. The molecule has 0 aromatic carbocycles. The molecule has 120 valence electrons. The van der Waals surface area contributed by atoms with Crippen molar-refractivity contribution in [3.8, 4) is 0 Å². The van der Waals surface area contributed by atoms with Gasteiger partial charge in [-0.2, -0.15) is 0 Å². The van der Waals surface area contributed by atoms with Crippen molar-refractivity contribution >= 4 is 11.9 Å². The average Bonchev–Trinajstić information content (AvgIpc) is 2.85. The maximum absolute atomic E-state index is 12.6. The van der Waals surface area contributed by atoms with E-state index in [2.05, 4.69) is 18.7 Å². The first-order chi connectivity index (χ1) is 9.96. The molecule has 1 amide bonds. The summed E-state index contributed by atoms with van der Waals surface area (Å²) in [6, 6.07) is 0.395. The van der Waals surface area contributed by atoms with Gasteiger partial charge in [-0.1, -0.05) is 19.8 Å². The highest BCUT2D eigenvalue weighted by atomic mass is 16.4. The molecule has 1 atom stereocenters. The zero-order valence-corrected chi connectivity index (χ0v) is 13.3. The smallest absolute Gasteiger partial charge is 0.303 e. The number of carboxylic acid groups (broad SMARTS) is 1. The van der Waals surface area contributed by atoms with Crippen LogP contribution in [0.5, 0.6) is 0 Å². The number of aliphatic carboxylic acids is 1. The summed E-state index contributed by atoms with van der Waals surface area (Å²) in [5, 5.41) is 9.14. The first kappa shape index (κ1) is 16.3. The molecule has 1 saturated heterocycles. The van der Waals surface area contributed by atoms with Crippen LogP contribution in [0, 0.1) is 5.41 Å². The number of carbonyl (C=O) groups excluding carboxylic acids is 1. The monoisotopic (exact) mass is 296 g/mol. The van der Waals surface area contributed by atoms with Crippen LogP contribution in [0.1, 0.15) is 52.4 Å². The van der Waals surface area contributed by atoms with Gasteiger partial charge in [0.05, 0.1) is 6.42 Å². The van der Waals surface area contributed by atoms with E-state index in [4.69, 9.17) is 5.11 Å². The second kappa shape index (κ2) is 6.77. The van der Waals surface area contributed by atoms with Crippen LogP contribution in [0.25, 0.3) is 0 Å². The molecule has 1 unspecified atom stereocenters. The van der Waals surface area contributed by atoms with E-state index in [9.17, 15) is 9.59 Å². The number of carbonyl (C=O) groups is 2. The minimum Gasteiger partial charge on any atom is -0.481 e. The lowest BCUT2D eigenvalue weighted by Gasteiger charge is -2.40. The Morgan fingerprint density at radius 1 is 1.19 bits per heavy atom. The Hall–Kier alpha value is -1.10. The van der Waals surface area contributed by atoms with Crippen molar-refractivity contribution in [1.82, 2.24) is 9.80 Å². The van der Waals surface area contributed by atoms with Crippen molar-refractivity contribution in [2.45, 2.75) is 58.4 Å². The van der Waals surface area contributed by atoms with Crippen LogP contribution in [0.15, 0.2) is 0 Å². The van der Waals surface area contributed by atoms with E-state index in [1.54, 1.807) is 0 Å². The van der Waals surface area contributed by atoms with Crippen LogP contribution in [0.3, 0.4) is 0 Å². The lowest BCUT2D eigenvalue weighted by molar-refractivity contribution is -0.142. The molecule has 2 fully saturated rings. The van der Waals surface area contributed by atoms with E-state index < -0.39 is 5.97 Å². The SMILES string of the molecule is CCN1CCN(C(=O)CC2(CC(=O)O)CCCC2)CC1C. The van der Waals surface area contributed by atoms with Crippen molar-refractivity contribution in [3.05, 3.63) is 0 Å². The third-order valence-corrected chi connectivity index (χ3v) is 5.24. The molecule has 21 heavy (non-hydrogen) atoms. The molecule has 2 rings (SSSR count). The zero-order chi connectivity index (χ0) is 15.5. The van der Waals surface area contributed by atoms with Gasteiger partial charge in [0.2, 0.25) is 5.91 Å². The Kier molecular flexibility index (Phi) is 5.25. The molecule has 5 heteroatoms. The van der Waals surface area contributed by atoms with Gasteiger partial charge in [0.15, 0.2) is 0 Å². The topological polar surface area (TPSA) is 60.9 Å². The van der Waals surface area contributed by atoms with Gasteiger partial charge < -0.3 is 10.0 Å². The van der Waals surface area contributed by atoms with Gasteiger partial charge in [0.1, 0.15) is 0 Å². The molecular weight excluding hydrogens is 268 g/mol. The number of piperazine rings is 1. The number of hydrogen-bond donors (Lipinski definition) is 1. The standard InChI is InChI=1S/C16H28N2O3/c1-3-17-8-9-18(12-13(17)2)14(19)10-16(11-15(20)21)6-4-5-7-16/h13H,3-12H2,1-2H3,(H,20,21). The highest BCUT2D eigenvalue weighted by Gasteiger charge is 2.39. The van der Waals surface area contributed by atoms with Crippen LogP contribution in [-0.4, -0.2) is 59.0 Å². The summed E-state index contributed by atoms with van der Waals surface area (Å²) in [4.78, 5) is 28.0. The predicted octanol–water partition coefficient (Wildman–Crippen LogP) is 1.96. The second-order valence-corrected chi connectivity index (χ2v) is 6.77. The van der Waals surface area contributed by atoms with E-state index >= 15 is 0 Å². The molecule has 5 nitrogen and oxygen atoms in total. The lowest BCUT2D eigenvalue weighted by Crippen LogP contribution is -2.54. The first-order valence-corrected chi connectivity index (χ1v) is 8.19. The Labute approximate surface area is 127 Å². The molecule has 1 heterocycles. The molecule has 0 aromatic rings. The summed E-state index contributed by atoms with van der Waals surface area (Å²) in [6.07, 6.45) is 4.44. The molecule has 2 aliphatic rings. The predicted molar refractivity (Wildman–Crippen MR) is 81.1 cm³/mol. The van der Waals surface area contributed by atoms with E-state index in [0.29, 0.717) is 12.5 Å². The number of amides is 1. The average molecular weight is 296 g/mol. The van der Waals surface area contributed by atoms with Crippen LogP contribution in [0.4, 0.5) is 0 Å². The number of nitrogens with zero attached hydrogens (tertiary/aromatic N) is 2. The van der Waals surface area contributed by atoms with Gasteiger partial charge in [-0.15, -0.1) is 0 Å². The minimum absolute atomic E-state index is 0.142. The molecule has 1 N–H and O–H groups in total. The van der Waals surface area contributed by atoms with Gasteiger partial charge in [0, 0.05) is 32.1 Å². The number of carboxylic acids is 1. The fraction of sp³-hybridized carbons (Fsp3) is 0.875. The van der Waals surface area contributed by atoms with Crippen molar-refractivity contribution in [3.63, 3.8) is 0 Å². The van der Waals surface area contributed by atoms with Gasteiger partial charge in [-0.3, -0.25) is 14.5 Å². The van der Waals surface area contributed by atoms with Crippen LogP contribution < -0.4 is 0 Å². The molecule has 0 aromatic heterocycles. The number of likely N-dealkylation sites (N-methyl/N-ethyl adjacent to an activating group) is 1. The van der Waals surface area contributed by atoms with E-state index in [0.717, 1.165) is 51.9 Å². The van der Waals surface area contributed by atoms with Gasteiger partial charge >= 0.3 is 5.97 Å². The molecule has 0 radical (unpaired) electrons. The largest absolute Gasteiger partial charge is 0.481 e. The number of hydrogen-bond acceptors (Lipinski definition) is 3. The molecule has 0 spiro atoms. The fourth-order valence-electron chi connectivity index (χ4n) is 3.99. The fourth-order valence-corrected chi connectivity index (χ4v) is 3.99. The summed E-state index contributed by atoms with van der Waals surface area (Å²) in [5.41, 5.74) is -0.284. The normalized spacial score (nSPS) is 26.0. The molecule has 0 bridgehead atoms. The van der Waals surface area contributed by atoms with E-state index in [-0.39, 0.29) is 17.7 Å². The highest BCUT2D eigenvalue weighted by Crippen LogP contribution is 2.44. The third-order valence-electron chi connectivity index (χ3n) is 5.24. The highest BCUT2D eigenvalue weighted by molar-refractivity contribution is 5.78. The van der Waals surface area contributed by atoms with Crippen LogP contribution >= 0.6 is 0 Å². The maximum atomic E-state index is 12.6. The molecule has 1 aliphatic carbocycles. The van der Waals surface area contributed by atoms with Crippen molar-refractivity contribution < 1.29 is 14.7 Å². The Morgan fingerprint density at radius 2 is 1.86 bits per heavy atom. The summed E-state index contributed by atoms with van der Waals surface area (Å²) in [6.45, 7) is 7.80. The first-order valence-electron chi connectivity index (χ1n) is 8.19. The lowest BCUT2D eigenvalue weighted by atomic mass is 9.79. The maximum Gasteiger partial charge on any atom is 0.303 e. The second-order valence-electron chi connectivity index (χ2n) is 6.77. The molecule has 1 aliphatic heterocycles. The van der Waals surface area contributed by atoms with Crippen LogP contribution in [-0.2, 0) is 9.59 Å². The molecular formula is C16H28N2O3. The Balaban J connectivity index is 1.95. The van der Waals surface area contributed by atoms with E-state index in [1.807, 2.05) is 4.90 Å². The third kappa shape index (κ3) is 3.96. The summed E-state index contributed by atoms with van der Waals surface area (Å²) >= 11 is 0. The summed E-state index contributed by atoms with van der Waals surface area (Å²) < 4.78 is 0. The molecule has 1 saturated carbocycles. The van der Waals surface area contributed by atoms with Crippen molar-refractivity contribution in [2.75, 3.05) is 26.2 Å². The summed E-state index contributed by atoms with van der Waals surface area (Å²) in [5.74, 6) is -0.616. The van der Waals surface area contributed by atoms with Crippen LogP contribution in [0.2, 0.25) is 0 Å². The van der Waals surface area contributed by atoms with Gasteiger partial charge in [-0.25, -0.2) is 0 Å². The minimum atomic E-state index is -0.770. The van der Waals surface area contributed by atoms with Gasteiger partial charge in [0.25, 0.3) is 0 Å². The van der Waals surface area contributed by atoms with Crippen molar-refractivity contribution in [2.24, 2.45) is 5.41 Å². The van der Waals surface area contributed by atoms with Crippen molar-refractivity contribution in [1.29, 1.82) is 0 Å². The number of rotatable bonds is 5. The zero-order valence-electron chi connectivity index (χ0n) is 13.3. The Morgan fingerprint density at radius 3 is 2.38 bits per heavy atom. The van der Waals surface area contributed by atoms with E-state index in [1.165, 1.54) is 0 Å². The van der Waals surface area contributed by atoms with Gasteiger partial charge in [-0.05, 0) is 31.7 Å². The quantitative estimate of drug-likeness (QED) is 0.842.